The highest BCUT2D eigenvalue weighted by Gasteiger charge is 2.36. The summed E-state index contributed by atoms with van der Waals surface area (Å²) in [6.45, 7) is 3.72. The molecule has 0 unspecified atom stereocenters. The van der Waals surface area contributed by atoms with Gasteiger partial charge in [-0.3, -0.25) is 9.59 Å². The minimum absolute atomic E-state index is 0.278. The summed E-state index contributed by atoms with van der Waals surface area (Å²) in [5, 5.41) is 0. The molecule has 1 amide bonds. The Balaban J connectivity index is 1.77. The van der Waals surface area contributed by atoms with E-state index in [0.717, 1.165) is 17.7 Å². The Kier molecular flexibility index (Phi) is 3.54. The van der Waals surface area contributed by atoms with Crippen molar-refractivity contribution in [2.24, 2.45) is 0 Å². The normalized spacial score (nSPS) is 19.6. The maximum Gasteiger partial charge on any atom is 0.299 e. The van der Waals surface area contributed by atoms with Crippen LogP contribution in [0.4, 0.5) is 5.69 Å². The average Bonchev–Trinajstić information content (AvgIpc) is 2.72. The first-order valence-corrected chi connectivity index (χ1v) is 6.87. The summed E-state index contributed by atoms with van der Waals surface area (Å²) in [5.41, 5.74) is 2.17. The molecule has 1 fully saturated rings. The lowest BCUT2D eigenvalue weighted by Crippen LogP contribution is -2.35. The van der Waals surface area contributed by atoms with E-state index in [1.165, 1.54) is 0 Å². The fourth-order valence-corrected chi connectivity index (χ4v) is 2.69. The lowest BCUT2D eigenvalue weighted by Gasteiger charge is -2.25. The van der Waals surface area contributed by atoms with Crippen molar-refractivity contribution >= 4 is 17.4 Å². The van der Waals surface area contributed by atoms with Gasteiger partial charge in [0.1, 0.15) is 0 Å². The van der Waals surface area contributed by atoms with Gasteiger partial charge in [-0.1, -0.05) is 12.1 Å². The van der Waals surface area contributed by atoms with E-state index in [0.29, 0.717) is 31.7 Å². The number of carbonyl (C=O) groups is 2. The molecule has 1 saturated heterocycles. The van der Waals surface area contributed by atoms with Crippen molar-refractivity contribution in [1.29, 1.82) is 0 Å². The first-order chi connectivity index (χ1) is 9.68. The van der Waals surface area contributed by atoms with Crippen molar-refractivity contribution < 1.29 is 19.1 Å². The van der Waals surface area contributed by atoms with Crippen LogP contribution in [-0.2, 0) is 14.3 Å². The molecule has 0 bridgehead atoms. The molecule has 0 saturated carbocycles. The number of rotatable bonds is 3. The second kappa shape index (κ2) is 5.34. The second-order valence-corrected chi connectivity index (χ2v) is 5.07. The van der Waals surface area contributed by atoms with E-state index in [-0.39, 0.29) is 6.29 Å². The molecule has 0 radical (unpaired) electrons. The number of amides is 1. The van der Waals surface area contributed by atoms with Crippen LogP contribution >= 0.6 is 0 Å². The molecule has 2 aliphatic rings. The van der Waals surface area contributed by atoms with Gasteiger partial charge in [0.2, 0.25) is 0 Å². The summed E-state index contributed by atoms with van der Waals surface area (Å²) in [6.07, 6.45) is 1.20. The molecule has 3 rings (SSSR count). The molecule has 20 heavy (non-hydrogen) atoms. The SMILES string of the molecule is Cc1cccc2c1N(CCC1OCCCO1)C(=O)C2=O. The molecule has 5 nitrogen and oxygen atoms in total. The van der Waals surface area contributed by atoms with Crippen LogP contribution in [0, 0.1) is 6.92 Å². The van der Waals surface area contributed by atoms with Crippen molar-refractivity contribution in [1.82, 2.24) is 0 Å². The standard InChI is InChI=1S/C15H17NO4/c1-10-4-2-5-11-13(10)16(15(18)14(11)17)7-6-12-19-8-3-9-20-12/h2,4-5,12H,3,6-9H2,1H3. The number of anilines is 1. The summed E-state index contributed by atoms with van der Waals surface area (Å²) in [6, 6.07) is 5.41. The maximum absolute atomic E-state index is 12.1. The quantitative estimate of drug-likeness (QED) is 0.788. The van der Waals surface area contributed by atoms with Gasteiger partial charge < -0.3 is 14.4 Å². The van der Waals surface area contributed by atoms with Gasteiger partial charge in [0, 0.05) is 13.0 Å². The van der Waals surface area contributed by atoms with E-state index in [1.54, 1.807) is 17.0 Å². The number of Topliss-reactive ketones (excluding diaryl/α,β-unsaturated/α-hetero) is 1. The van der Waals surface area contributed by atoms with E-state index >= 15 is 0 Å². The van der Waals surface area contributed by atoms with Crippen molar-refractivity contribution in [3.8, 4) is 0 Å². The van der Waals surface area contributed by atoms with Gasteiger partial charge >= 0.3 is 0 Å². The van der Waals surface area contributed by atoms with Gasteiger partial charge in [-0.25, -0.2) is 0 Å². The van der Waals surface area contributed by atoms with Crippen LogP contribution in [0.15, 0.2) is 18.2 Å². The monoisotopic (exact) mass is 275 g/mol. The van der Waals surface area contributed by atoms with Crippen molar-refractivity contribution in [3.05, 3.63) is 29.3 Å². The Bertz CT molecular complexity index is 549. The lowest BCUT2D eigenvalue weighted by molar-refractivity contribution is -0.179. The van der Waals surface area contributed by atoms with E-state index in [4.69, 9.17) is 9.47 Å². The Morgan fingerprint density at radius 2 is 2.00 bits per heavy atom. The van der Waals surface area contributed by atoms with Crippen LogP contribution in [0.25, 0.3) is 0 Å². The van der Waals surface area contributed by atoms with Gasteiger partial charge in [0.25, 0.3) is 11.7 Å². The second-order valence-electron chi connectivity index (χ2n) is 5.07. The van der Waals surface area contributed by atoms with Crippen LogP contribution in [-0.4, -0.2) is 37.7 Å². The topological polar surface area (TPSA) is 55.8 Å². The van der Waals surface area contributed by atoms with Crippen molar-refractivity contribution in [3.63, 3.8) is 0 Å². The van der Waals surface area contributed by atoms with Gasteiger partial charge in [0.05, 0.1) is 24.5 Å². The van der Waals surface area contributed by atoms with Crippen LogP contribution in [0.1, 0.15) is 28.8 Å². The highest BCUT2D eigenvalue weighted by Crippen LogP contribution is 2.32. The third-order valence-corrected chi connectivity index (χ3v) is 3.68. The zero-order valence-corrected chi connectivity index (χ0v) is 11.4. The highest BCUT2D eigenvalue weighted by atomic mass is 16.7. The Labute approximate surface area is 117 Å². The van der Waals surface area contributed by atoms with Crippen molar-refractivity contribution in [2.45, 2.75) is 26.1 Å². The zero-order chi connectivity index (χ0) is 14.1. The summed E-state index contributed by atoms with van der Waals surface area (Å²) in [5.74, 6) is -0.876. The minimum atomic E-state index is -0.454. The van der Waals surface area contributed by atoms with E-state index in [2.05, 4.69) is 0 Å². The molecule has 106 valence electrons. The molecule has 2 aliphatic heterocycles. The molecular weight excluding hydrogens is 258 g/mol. The number of hydrogen-bond acceptors (Lipinski definition) is 4. The molecular formula is C15H17NO4. The number of hydrogen-bond donors (Lipinski definition) is 0. The van der Waals surface area contributed by atoms with Gasteiger partial charge in [-0.05, 0) is 25.0 Å². The largest absolute Gasteiger partial charge is 0.353 e. The van der Waals surface area contributed by atoms with E-state index in [9.17, 15) is 9.59 Å². The number of aryl methyl sites for hydroxylation is 1. The number of para-hydroxylation sites is 1. The highest BCUT2D eigenvalue weighted by molar-refractivity contribution is 6.52. The first-order valence-electron chi connectivity index (χ1n) is 6.87. The minimum Gasteiger partial charge on any atom is -0.353 e. The number of nitrogens with zero attached hydrogens (tertiary/aromatic N) is 1. The summed E-state index contributed by atoms with van der Waals surface area (Å²) in [7, 11) is 0. The van der Waals surface area contributed by atoms with Crippen molar-refractivity contribution in [2.75, 3.05) is 24.7 Å². The van der Waals surface area contributed by atoms with Gasteiger partial charge in [0.15, 0.2) is 6.29 Å². The number of benzene rings is 1. The fraction of sp³-hybridized carbons (Fsp3) is 0.467. The smallest absolute Gasteiger partial charge is 0.299 e. The van der Waals surface area contributed by atoms with Crippen LogP contribution < -0.4 is 4.90 Å². The van der Waals surface area contributed by atoms with Crippen LogP contribution in [0.3, 0.4) is 0 Å². The molecule has 2 heterocycles. The molecule has 0 spiro atoms. The fourth-order valence-electron chi connectivity index (χ4n) is 2.69. The molecule has 1 aromatic carbocycles. The third-order valence-electron chi connectivity index (χ3n) is 3.68. The molecule has 0 atom stereocenters. The predicted molar refractivity (Wildman–Crippen MR) is 72.8 cm³/mol. The number of ether oxygens (including phenoxy) is 2. The molecule has 0 aromatic heterocycles. The van der Waals surface area contributed by atoms with E-state index in [1.807, 2.05) is 13.0 Å². The van der Waals surface area contributed by atoms with Crippen LogP contribution in [0.2, 0.25) is 0 Å². The van der Waals surface area contributed by atoms with Gasteiger partial charge in [-0.15, -0.1) is 0 Å². The average molecular weight is 275 g/mol. The molecule has 0 aliphatic carbocycles. The van der Waals surface area contributed by atoms with E-state index < -0.39 is 11.7 Å². The molecule has 1 aromatic rings. The summed E-state index contributed by atoms with van der Waals surface area (Å²) < 4.78 is 10.9. The van der Waals surface area contributed by atoms with Gasteiger partial charge in [-0.2, -0.15) is 0 Å². The van der Waals surface area contributed by atoms with Crippen LogP contribution in [0.5, 0.6) is 0 Å². The number of carbonyl (C=O) groups excluding carboxylic acids is 2. The molecule has 5 heteroatoms. The lowest BCUT2D eigenvalue weighted by atomic mass is 10.1. The Morgan fingerprint density at radius 1 is 1.25 bits per heavy atom. The Hall–Kier alpha value is -1.72. The number of fused-ring (bicyclic) bond motifs is 1. The summed E-state index contributed by atoms with van der Waals surface area (Å²) in [4.78, 5) is 25.6. The Morgan fingerprint density at radius 3 is 2.75 bits per heavy atom. The number of ketones is 1. The predicted octanol–water partition coefficient (Wildman–Crippen LogP) is 1.68. The first kappa shape index (κ1) is 13.3. The maximum atomic E-state index is 12.1. The third kappa shape index (κ3) is 2.23. The summed E-state index contributed by atoms with van der Waals surface area (Å²) >= 11 is 0. The molecule has 0 N–H and O–H groups in total. The zero-order valence-electron chi connectivity index (χ0n) is 11.4.